The summed E-state index contributed by atoms with van der Waals surface area (Å²) >= 11 is 0. The molecule has 3 aliphatic heterocycles. The molecule has 4 amide bonds. The smallest absolute Gasteiger partial charge is 0.325 e. The van der Waals surface area contributed by atoms with E-state index in [-0.39, 0.29) is 24.4 Å². The minimum Gasteiger partial charge on any atom is -0.486 e. The molecular weight excluding hydrogens is 448 g/mol. The second kappa shape index (κ2) is 8.65. The van der Waals surface area contributed by atoms with E-state index in [9.17, 15) is 14.4 Å². The molecule has 0 unspecified atom stereocenters. The van der Waals surface area contributed by atoms with E-state index in [1.54, 1.807) is 4.90 Å². The normalized spacial score (nSPS) is 21.6. The molecule has 4 heterocycles. The van der Waals surface area contributed by atoms with Crippen LogP contribution in [0.15, 0.2) is 48.7 Å². The second-order valence-corrected chi connectivity index (χ2v) is 9.14. The number of aromatic amines is 1. The number of aromatic nitrogens is 1. The Bertz CT molecular complexity index is 1320. The number of rotatable bonds is 5. The number of para-hydroxylation sites is 1. The van der Waals surface area contributed by atoms with Gasteiger partial charge in [0.25, 0.3) is 5.91 Å². The maximum atomic E-state index is 13.3. The molecule has 9 heteroatoms. The first-order valence-corrected chi connectivity index (χ1v) is 11.9. The third-order valence-electron chi connectivity index (χ3n) is 7.02. The molecule has 35 heavy (non-hydrogen) atoms. The Labute approximate surface area is 202 Å². The summed E-state index contributed by atoms with van der Waals surface area (Å²) in [4.78, 5) is 45.0. The first kappa shape index (κ1) is 21.5. The second-order valence-electron chi connectivity index (χ2n) is 9.14. The molecule has 2 aromatic carbocycles. The molecule has 180 valence electrons. The predicted octanol–water partition coefficient (Wildman–Crippen LogP) is 2.77. The molecule has 2 N–H and O–H groups in total. The van der Waals surface area contributed by atoms with Gasteiger partial charge in [0.2, 0.25) is 5.91 Å². The molecule has 1 aromatic heterocycles. The third-order valence-corrected chi connectivity index (χ3v) is 7.02. The average molecular weight is 475 g/mol. The fourth-order valence-corrected chi connectivity index (χ4v) is 5.29. The van der Waals surface area contributed by atoms with Gasteiger partial charge in [0.1, 0.15) is 25.8 Å². The van der Waals surface area contributed by atoms with Gasteiger partial charge in [-0.25, -0.2) is 4.79 Å². The number of amides is 4. The monoisotopic (exact) mass is 474 g/mol. The summed E-state index contributed by atoms with van der Waals surface area (Å²) in [5.41, 5.74) is 2.89. The van der Waals surface area contributed by atoms with Crippen molar-refractivity contribution in [3.63, 3.8) is 0 Å². The van der Waals surface area contributed by atoms with Gasteiger partial charge >= 0.3 is 6.03 Å². The number of likely N-dealkylation sites (tertiary alicyclic amines) is 1. The summed E-state index contributed by atoms with van der Waals surface area (Å²) in [6, 6.07) is 12.2. The van der Waals surface area contributed by atoms with E-state index < -0.39 is 12.1 Å². The van der Waals surface area contributed by atoms with Crippen LogP contribution in [0, 0.1) is 0 Å². The van der Waals surface area contributed by atoms with Crippen molar-refractivity contribution < 1.29 is 23.9 Å². The van der Waals surface area contributed by atoms with Crippen molar-refractivity contribution in [2.24, 2.45) is 0 Å². The van der Waals surface area contributed by atoms with Crippen molar-refractivity contribution in [1.29, 1.82) is 0 Å². The van der Waals surface area contributed by atoms with Crippen LogP contribution >= 0.6 is 0 Å². The average Bonchev–Trinajstić information content (AvgIpc) is 3.59. The molecule has 2 saturated heterocycles. The minimum atomic E-state index is -0.693. The van der Waals surface area contributed by atoms with E-state index in [1.165, 1.54) is 0 Å². The standard InChI is InChI=1S/C26H26N4O5/c31-24(29-9-3-6-21(29)16-7-8-22-23(13-16)35-11-10-34-22)15-30-25(32)20(28-26(30)33)12-17-14-27-19-5-2-1-4-18(17)19/h1-2,4-5,7-8,13-14,20-21,27H,3,6,9-12,15H2,(H,28,33)/t20-,21+/m1/s1. The molecule has 2 fully saturated rings. The van der Waals surface area contributed by atoms with E-state index in [0.29, 0.717) is 37.7 Å². The van der Waals surface area contributed by atoms with Crippen LogP contribution < -0.4 is 14.8 Å². The molecule has 9 nitrogen and oxygen atoms in total. The maximum Gasteiger partial charge on any atom is 0.325 e. The lowest BCUT2D eigenvalue weighted by molar-refractivity contribution is -0.138. The van der Waals surface area contributed by atoms with Gasteiger partial charge in [0.15, 0.2) is 11.5 Å². The third kappa shape index (κ3) is 3.86. The summed E-state index contributed by atoms with van der Waals surface area (Å²) in [6.45, 7) is 1.33. The van der Waals surface area contributed by atoms with Gasteiger partial charge in [-0.15, -0.1) is 0 Å². The predicted molar refractivity (Wildman–Crippen MR) is 127 cm³/mol. The summed E-state index contributed by atoms with van der Waals surface area (Å²) in [5.74, 6) is 0.779. The first-order chi connectivity index (χ1) is 17.1. The largest absolute Gasteiger partial charge is 0.486 e. The Hall–Kier alpha value is -4.01. The topological polar surface area (TPSA) is 104 Å². The van der Waals surface area contributed by atoms with Gasteiger partial charge in [-0.1, -0.05) is 24.3 Å². The molecular formula is C26H26N4O5. The number of hydrogen-bond donors (Lipinski definition) is 2. The highest BCUT2D eigenvalue weighted by Crippen LogP contribution is 2.38. The molecule has 3 aliphatic rings. The highest BCUT2D eigenvalue weighted by Gasteiger charge is 2.41. The molecule has 0 bridgehead atoms. The zero-order chi connectivity index (χ0) is 23.9. The highest BCUT2D eigenvalue weighted by atomic mass is 16.6. The van der Waals surface area contributed by atoms with Crippen molar-refractivity contribution in [2.75, 3.05) is 26.3 Å². The number of fused-ring (bicyclic) bond motifs is 2. The lowest BCUT2D eigenvalue weighted by Gasteiger charge is -2.28. The summed E-state index contributed by atoms with van der Waals surface area (Å²) < 4.78 is 11.3. The van der Waals surface area contributed by atoms with Crippen LogP contribution in [-0.4, -0.2) is 65.0 Å². The van der Waals surface area contributed by atoms with Crippen LogP contribution in [0.5, 0.6) is 11.5 Å². The molecule has 0 radical (unpaired) electrons. The van der Waals surface area contributed by atoms with Crippen molar-refractivity contribution >= 4 is 28.7 Å². The van der Waals surface area contributed by atoms with Crippen molar-refractivity contribution in [1.82, 2.24) is 20.1 Å². The number of imide groups is 1. The van der Waals surface area contributed by atoms with Gasteiger partial charge in [0.05, 0.1) is 6.04 Å². The Morgan fingerprint density at radius 3 is 2.77 bits per heavy atom. The number of H-pyrrole nitrogens is 1. The quantitative estimate of drug-likeness (QED) is 0.554. The molecule has 2 atom stereocenters. The maximum absolute atomic E-state index is 13.3. The van der Waals surface area contributed by atoms with Crippen LogP contribution in [0.4, 0.5) is 4.79 Å². The van der Waals surface area contributed by atoms with Crippen LogP contribution in [-0.2, 0) is 16.0 Å². The van der Waals surface area contributed by atoms with Crippen molar-refractivity contribution in [3.05, 3.63) is 59.8 Å². The van der Waals surface area contributed by atoms with Gasteiger partial charge < -0.3 is 24.7 Å². The van der Waals surface area contributed by atoms with Gasteiger partial charge in [-0.3, -0.25) is 14.5 Å². The summed E-state index contributed by atoms with van der Waals surface area (Å²) in [7, 11) is 0. The Morgan fingerprint density at radius 1 is 1.06 bits per heavy atom. The van der Waals surface area contributed by atoms with E-state index in [2.05, 4.69) is 10.3 Å². The zero-order valence-corrected chi connectivity index (χ0v) is 19.2. The minimum absolute atomic E-state index is 0.124. The summed E-state index contributed by atoms with van der Waals surface area (Å²) in [5, 5.41) is 3.77. The number of carbonyl (C=O) groups is 3. The fourth-order valence-electron chi connectivity index (χ4n) is 5.29. The van der Waals surface area contributed by atoms with Gasteiger partial charge in [-0.05, 0) is 42.2 Å². The van der Waals surface area contributed by atoms with E-state index in [4.69, 9.17) is 9.47 Å². The number of urea groups is 1. The van der Waals surface area contributed by atoms with E-state index >= 15 is 0 Å². The molecule has 0 spiro atoms. The summed E-state index contributed by atoms with van der Waals surface area (Å²) in [6.07, 6.45) is 3.89. The SMILES string of the molecule is O=C1N[C@H](Cc2c[nH]c3ccccc23)C(=O)N1CC(=O)N1CCC[C@H]1c1ccc2c(c1)OCCO2. The number of benzene rings is 2. The van der Waals surface area contributed by atoms with Crippen molar-refractivity contribution in [2.45, 2.75) is 31.3 Å². The van der Waals surface area contributed by atoms with Crippen LogP contribution in [0.2, 0.25) is 0 Å². The molecule has 0 saturated carbocycles. The number of carbonyl (C=O) groups excluding carboxylic acids is 3. The van der Waals surface area contributed by atoms with Crippen LogP contribution in [0.3, 0.4) is 0 Å². The molecule has 0 aliphatic carbocycles. The molecule has 6 rings (SSSR count). The van der Waals surface area contributed by atoms with Gasteiger partial charge in [-0.2, -0.15) is 0 Å². The number of nitrogens with one attached hydrogen (secondary N) is 2. The number of ether oxygens (including phenoxy) is 2. The Balaban J connectivity index is 1.15. The van der Waals surface area contributed by atoms with E-state index in [0.717, 1.165) is 39.8 Å². The Kier molecular flexibility index (Phi) is 5.32. The lowest BCUT2D eigenvalue weighted by atomic mass is 10.0. The lowest BCUT2D eigenvalue weighted by Crippen LogP contribution is -2.43. The van der Waals surface area contributed by atoms with Crippen LogP contribution in [0.1, 0.15) is 30.0 Å². The molecule has 3 aromatic rings. The number of hydrogen-bond acceptors (Lipinski definition) is 5. The zero-order valence-electron chi connectivity index (χ0n) is 19.2. The number of nitrogens with zero attached hydrogens (tertiary/aromatic N) is 2. The first-order valence-electron chi connectivity index (χ1n) is 11.9. The van der Waals surface area contributed by atoms with Crippen molar-refractivity contribution in [3.8, 4) is 11.5 Å². The van der Waals surface area contributed by atoms with E-state index in [1.807, 2.05) is 48.7 Å². The van der Waals surface area contributed by atoms with Crippen LogP contribution in [0.25, 0.3) is 10.9 Å². The van der Waals surface area contributed by atoms with Gasteiger partial charge in [0, 0.05) is 30.1 Å². The highest BCUT2D eigenvalue weighted by molar-refractivity contribution is 6.06. The Morgan fingerprint density at radius 2 is 1.89 bits per heavy atom. The fraction of sp³-hybridized carbons (Fsp3) is 0.346.